The molecule has 0 spiro atoms. The Hall–Kier alpha value is -1.65. The molecule has 0 saturated heterocycles. The minimum atomic E-state index is -0.831. The Balaban J connectivity index is 3.03. The zero-order valence-corrected chi connectivity index (χ0v) is 8.77. The molecule has 1 aliphatic heterocycles. The summed E-state index contributed by atoms with van der Waals surface area (Å²) in [5.41, 5.74) is 0. The van der Waals surface area contributed by atoms with E-state index in [4.69, 9.17) is 0 Å². The fraction of sp³-hybridized carbons (Fsp3) is 0.500. The van der Waals surface area contributed by atoms with Gasteiger partial charge in [-0.15, -0.1) is 6.58 Å². The lowest BCUT2D eigenvalue weighted by Gasteiger charge is -2.33. The van der Waals surface area contributed by atoms with Crippen LogP contribution in [0.25, 0.3) is 0 Å². The molecule has 1 rings (SSSR count). The van der Waals surface area contributed by atoms with Crippen LogP contribution >= 0.6 is 0 Å². The van der Waals surface area contributed by atoms with Crippen LogP contribution in [0.3, 0.4) is 0 Å². The molecule has 0 aliphatic carbocycles. The molecule has 3 amide bonds. The first kappa shape index (κ1) is 11.4. The maximum Gasteiger partial charge on any atom is 0.349 e. The van der Waals surface area contributed by atoms with Gasteiger partial charge < -0.3 is 5.11 Å². The Morgan fingerprint density at radius 2 is 2.20 bits per heavy atom. The highest BCUT2D eigenvalue weighted by molar-refractivity contribution is 6.12. The van der Waals surface area contributed by atoms with Crippen LogP contribution in [0.5, 0.6) is 0 Å². The number of carbonyl (C=O) groups is 2. The fourth-order valence-electron chi connectivity index (χ4n) is 1.46. The van der Waals surface area contributed by atoms with Crippen LogP contribution in [0, 0.1) is 11.8 Å². The third kappa shape index (κ3) is 2.06. The van der Waals surface area contributed by atoms with Gasteiger partial charge in [0, 0.05) is 6.54 Å². The van der Waals surface area contributed by atoms with Crippen molar-refractivity contribution < 1.29 is 14.7 Å². The summed E-state index contributed by atoms with van der Waals surface area (Å²) in [7, 11) is 0. The van der Waals surface area contributed by atoms with Crippen molar-refractivity contribution in [2.24, 2.45) is 16.8 Å². The van der Waals surface area contributed by atoms with Crippen molar-refractivity contribution in [2.45, 2.75) is 13.8 Å². The predicted octanol–water partition coefficient (Wildman–Crippen LogP) is 0.166. The van der Waals surface area contributed by atoms with Crippen LogP contribution < -0.4 is 5.11 Å². The average molecular weight is 209 g/mol. The van der Waals surface area contributed by atoms with Crippen LogP contribution in [0.2, 0.25) is 0 Å². The Morgan fingerprint density at radius 3 is 2.67 bits per heavy atom. The van der Waals surface area contributed by atoms with E-state index in [1.54, 1.807) is 13.8 Å². The largest absolute Gasteiger partial charge is 0.861 e. The summed E-state index contributed by atoms with van der Waals surface area (Å²) in [6.07, 6.45) is 1.43. The quantitative estimate of drug-likeness (QED) is 0.622. The monoisotopic (exact) mass is 209 g/mol. The zero-order chi connectivity index (χ0) is 11.6. The summed E-state index contributed by atoms with van der Waals surface area (Å²) in [5.74, 6) is -2.10. The van der Waals surface area contributed by atoms with Crippen LogP contribution in [-0.4, -0.2) is 29.3 Å². The van der Waals surface area contributed by atoms with E-state index in [9.17, 15) is 14.7 Å². The highest BCUT2D eigenvalue weighted by Gasteiger charge is 2.34. The Kier molecular flexibility index (Phi) is 3.24. The molecule has 5 heteroatoms. The molecule has 0 fully saturated rings. The molecular formula is C10H13N2O3-. The van der Waals surface area contributed by atoms with Gasteiger partial charge in [0.05, 0.1) is 5.92 Å². The van der Waals surface area contributed by atoms with Crippen molar-refractivity contribution in [1.82, 2.24) is 4.90 Å². The Morgan fingerprint density at radius 1 is 1.60 bits per heavy atom. The van der Waals surface area contributed by atoms with Gasteiger partial charge in [-0.3, -0.25) is 9.69 Å². The van der Waals surface area contributed by atoms with Crippen LogP contribution in [-0.2, 0) is 4.79 Å². The van der Waals surface area contributed by atoms with E-state index in [2.05, 4.69) is 11.6 Å². The Bertz CT molecular complexity index is 334. The smallest absolute Gasteiger partial charge is 0.349 e. The van der Waals surface area contributed by atoms with E-state index < -0.39 is 23.8 Å². The first-order chi connectivity index (χ1) is 6.99. The maximum absolute atomic E-state index is 11.8. The van der Waals surface area contributed by atoms with Crippen molar-refractivity contribution in [3.63, 3.8) is 0 Å². The van der Waals surface area contributed by atoms with Crippen molar-refractivity contribution in [3.05, 3.63) is 12.7 Å². The lowest BCUT2D eigenvalue weighted by atomic mass is 9.93. The summed E-state index contributed by atoms with van der Waals surface area (Å²) in [6, 6.07) is -0.790. The molecule has 5 nitrogen and oxygen atoms in total. The summed E-state index contributed by atoms with van der Waals surface area (Å²) < 4.78 is 0. The molecule has 0 radical (unpaired) electrons. The van der Waals surface area contributed by atoms with Gasteiger partial charge in [-0.1, -0.05) is 19.9 Å². The molecule has 1 aliphatic rings. The van der Waals surface area contributed by atoms with E-state index >= 15 is 0 Å². The van der Waals surface area contributed by atoms with E-state index in [0.29, 0.717) is 0 Å². The zero-order valence-electron chi connectivity index (χ0n) is 8.77. The van der Waals surface area contributed by atoms with Crippen LogP contribution in [0.1, 0.15) is 13.8 Å². The number of imide groups is 1. The lowest BCUT2D eigenvalue weighted by Crippen LogP contribution is -2.51. The fourth-order valence-corrected chi connectivity index (χ4v) is 1.46. The van der Waals surface area contributed by atoms with Gasteiger partial charge in [0.2, 0.25) is 5.91 Å². The number of hydrogen-bond donors (Lipinski definition) is 0. The van der Waals surface area contributed by atoms with Gasteiger partial charge in [-0.2, -0.15) is 0 Å². The molecule has 0 aromatic heterocycles. The first-order valence-electron chi connectivity index (χ1n) is 4.70. The van der Waals surface area contributed by atoms with Crippen LogP contribution in [0.4, 0.5) is 4.79 Å². The molecule has 1 unspecified atom stereocenters. The van der Waals surface area contributed by atoms with Gasteiger partial charge >= 0.3 is 6.03 Å². The second-order valence-electron chi connectivity index (χ2n) is 3.69. The highest BCUT2D eigenvalue weighted by Crippen LogP contribution is 2.19. The average Bonchev–Trinajstić information content (AvgIpc) is 2.11. The van der Waals surface area contributed by atoms with Gasteiger partial charge in [-0.05, 0) is 11.8 Å². The van der Waals surface area contributed by atoms with E-state index in [1.807, 2.05) is 0 Å². The minimum absolute atomic E-state index is 0.0949. The maximum atomic E-state index is 11.8. The molecule has 0 N–H and O–H groups in total. The summed E-state index contributed by atoms with van der Waals surface area (Å²) in [4.78, 5) is 27.3. The summed E-state index contributed by atoms with van der Waals surface area (Å²) in [5, 5.41) is 11.3. The molecule has 82 valence electrons. The van der Waals surface area contributed by atoms with E-state index in [1.165, 1.54) is 6.08 Å². The number of nitrogens with zero attached hydrogens (tertiary/aromatic N) is 2. The molecule has 0 saturated carbocycles. The number of rotatable bonds is 3. The minimum Gasteiger partial charge on any atom is -0.861 e. The summed E-state index contributed by atoms with van der Waals surface area (Å²) >= 11 is 0. The van der Waals surface area contributed by atoms with E-state index in [-0.39, 0.29) is 12.5 Å². The lowest BCUT2D eigenvalue weighted by molar-refractivity contribution is -0.226. The second kappa shape index (κ2) is 4.25. The number of urea groups is 1. The SMILES string of the molecule is C=CCN1C(=O)N=C([O-])C(C(C)C)C1=O. The normalized spacial score (nSPS) is 21.9. The molecule has 0 aromatic carbocycles. The van der Waals surface area contributed by atoms with Gasteiger partial charge in [0.15, 0.2) is 0 Å². The van der Waals surface area contributed by atoms with Gasteiger partial charge in [0.25, 0.3) is 0 Å². The Labute approximate surface area is 88.1 Å². The van der Waals surface area contributed by atoms with Crippen molar-refractivity contribution >= 4 is 17.8 Å². The second-order valence-corrected chi connectivity index (χ2v) is 3.69. The van der Waals surface area contributed by atoms with Crippen LogP contribution in [0.15, 0.2) is 17.6 Å². The standard InChI is InChI=1S/C10H14N2O3/c1-4-5-12-9(14)7(6(2)3)8(13)11-10(12)15/h4,6-7H,1,5H2,2-3H3,(H,11,13,15)/p-1. The predicted molar refractivity (Wildman–Crippen MR) is 53.1 cm³/mol. The number of hydrogen-bond acceptors (Lipinski definition) is 3. The number of carbonyl (C=O) groups excluding carboxylic acids is 2. The molecule has 0 aromatic rings. The van der Waals surface area contributed by atoms with Crippen molar-refractivity contribution in [2.75, 3.05) is 6.54 Å². The van der Waals surface area contributed by atoms with Gasteiger partial charge in [0.1, 0.15) is 0 Å². The first-order valence-corrected chi connectivity index (χ1v) is 4.70. The summed E-state index contributed by atoms with van der Waals surface area (Å²) in [6.45, 7) is 7.03. The molecule has 0 bridgehead atoms. The molecule has 1 heterocycles. The van der Waals surface area contributed by atoms with Crippen molar-refractivity contribution in [1.29, 1.82) is 0 Å². The number of aliphatic imine (C=N–C) groups is 1. The third-order valence-electron chi connectivity index (χ3n) is 2.21. The van der Waals surface area contributed by atoms with Crippen molar-refractivity contribution in [3.8, 4) is 0 Å². The third-order valence-corrected chi connectivity index (χ3v) is 2.21. The molecule has 1 atom stereocenters. The van der Waals surface area contributed by atoms with E-state index in [0.717, 1.165) is 4.90 Å². The molecule has 15 heavy (non-hydrogen) atoms. The highest BCUT2D eigenvalue weighted by atomic mass is 16.3. The molecular weight excluding hydrogens is 196 g/mol. The number of amides is 3. The van der Waals surface area contributed by atoms with Gasteiger partial charge in [-0.25, -0.2) is 9.79 Å². The topological polar surface area (TPSA) is 72.8 Å².